The summed E-state index contributed by atoms with van der Waals surface area (Å²) in [6, 6.07) is 9.35. The molecule has 0 aliphatic heterocycles. The average molecular weight is 319 g/mol. The highest BCUT2D eigenvalue weighted by Gasteiger charge is 2.29. The molecule has 0 aliphatic carbocycles. The highest BCUT2D eigenvalue weighted by atomic mass is 16.5. The van der Waals surface area contributed by atoms with E-state index in [1.54, 1.807) is 6.92 Å². The SMILES string of the molecule is COC(=O)/C(C(=NCc1ccccc1)C(C)C(=O)OC)=C(\C)O. The van der Waals surface area contributed by atoms with Crippen molar-refractivity contribution in [3.63, 3.8) is 0 Å². The van der Waals surface area contributed by atoms with Gasteiger partial charge in [0.2, 0.25) is 0 Å². The molecule has 0 saturated heterocycles. The van der Waals surface area contributed by atoms with Crippen LogP contribution in [-0.2, 0) is 25.6 Å². The maximum atomic E-state index is 11.9. The molecule has 0 bridgehead atoms. The molecule has 1 rings (SSSR count). The number of benzene rings is 1. The topological polar surface area (TPSA) is 85.2 Å². The predicted molar refractivity (Wildman–Crippen MR) is 86.1 cm³/mol. The molecule has 1 aromatic rings. The molecule has 1 N–H and O–H groups in total. The van der Waals surface area contributed by atoms with Gasteiger partial charge >= 0.3 is 11.9 Å². The second kappa shape index (κ2) is 8.73. The highest BCUT2D eigenvalue weighted by molar-refractivity contribution is 6.25. The number of carbonyl (C=O) groups is 2. The Labute approximate surface area is 135 Å². The molecule has 1 unspecified atom stereocenters. The van der Waals surface area contributed by atoms with Crippen LogP contribution < -0.4 is 0 Å². The molecule has 6 nitrogen and oxygen atoms in total. The Morgan fingerprint density at radius 1 is 1.17 bits per heavy atom. The number of aliphatic hydroxyl groups is 1. The van der Waals surface area contributed by atoms with Gasteiger partial charge in [0, 0.05) is 0 Å². The summed E-state index contributed by atoms with van der Waals surface area (Å²) in [5.41, 5.74) is 0.913. The lowest BCUT2D eigenvalue weighted by atomic mass is 9.97. The second-order valence-electron chi connectivity index (χ2n) is 4.88. The zero-order valence-electron chi connectivity index (χ0n) is 13.7. The zero-order chi connectivity index (χ0) is 17.4. The summed E-state index contributed by atoms with van der Waals surface area (Å²) in [7, 11) is 2.45. The molecule has 0 fully saturated rings. The van der Waals surface area contributed by atoms with Crippen molar-refractivity contribution in [3.05, 3.63) is 47.2 Å². The van der Waals surface area contributed by atoms with Gasteiger partial charge in [-0.25, -0.2) is 4.79 Å². The monoisotopic (exact) mass is 319 g/mol. The Morgan fingerprint density at radius 2 is 1.78 bits per heavy atom. The van der Waals surface area contributed by atoms with Crippen molar-refractivity contribution in [1.29, 1.82) is 0 Å². The number of hydrogen-bond acceptors (Lipinski definition) is 6. The van der Waals surface area contributed by atoms with Crippen LogP contribution in [0.3, 0.4) is 0 Å². The fourth-order valence-corrected chi connectivity index (χ4v) is 2.02. The summed E-state index contributed by atoms with van der Waals surface area (Å²) in [5.74, 6) is -2.40. The minimum absolute atomic E-state index is 0.124. The molecule has 0 amide bonds. The van der Waals surface area contributed by atoms with E-state index in [9.17, 15) is 14.7 Å². The van der Waals surface area contributed by atoms with Crippen LogP contribution in [0.25, 0.3) is 0 Å². The molecule has 1 atom stereocenters. The van der Waals surface area contributed by atoms with E-state index in [-0.39, 0.29) is 23.6 Å². The van der Waals surface area contributed by atoms with Gasteiger partial charge in [0.05, 0.1) is 32.4 Å². The number of nitrogens with zero attached hydrogens (tertiary/aromatic N) is 1. The molecule has 0 aromatic heterocycles. The predicted octanol–water partition coefficient (Wildman–Crippen LogP) is 2.44. The van der Waals surface area contributed by atoms with Gasteiger partial charge in [0.15, 0.2) is 0 Å². The summed E-state index contributed by atoms with van der Waals surface area (Å²) in [4.78, 5) is 28.1. The summed E-state index contributed by atoms with van der Waals surface area (Å²) in [6.07, 6.45) is 0. The van der Waals surface area contributed by atoms with E-state index in [1.165, 1.54) is 21.1 Å². The van der Waals surface area contributed by atoms with Crippen LogP contribution in [0.1, 0.15) is 19.4 Å². The molecular weight excluding hydrogens is 298 g/mol. The number of aliphatic hydroxyl groups excluding tert-OH is 1. The van der Waals surface area contributed by atoms with Crippen LogP contribution in [0.2, 0.25) is 0 Å². The van der Waals surface area contributed by atoms with E-state index >= 15 is 0 Å². The Balaban J connectivity index is 3.28. The molecule has 0 spiro atoms. The molecule has 23 heavy (non-hydrogen) atoms. The summed E-state index contributed by atoms with van der Waals surface area (Å²) in [5, 5.41) is 9.83. The molecule has 124 valence electrons. The van der Waals surface area contributed by atoms with Crippen LogP contribution in [0, 0.1) is 5.92 Å². The van der Waals surface area contributed by atoms with Crippen molar-refractivity contribution in [1.82, 2.24) is 0 Å². The molecular formula is C17H21NO5. The van der Waals surface area contributed by atoms with Crippen LogP contribution in [0.4, 0.5) is 0 Å². The fraction of sp³-hybridized carbons (Fsp3) is 0.353. The largest absolute Gasteiger partial charge is 0.512 e. The molecule has 0 radical (unpaired) electrons. The maximum absolute atomic E-state index is 11.9. The molecule has 1 aromatic carbocycles. The van der Waals surface area contributed by atoms with E-state index in [2.05, 4.69) is 9.73 Å². The van der Waals surface area contributed by atoms with Gasteiger partial charge in [-0.15, -0.1) is 0 Å². The average Bonchev–Trinajstić information content (AvgIpc) is 2.57. The fourth-order valence-electron chi connectivity index (χ4n) is 2.02. The zero-order valence-corrected chi connectivity index (χ0v) is 13.7. The Morgan fingerprint density at radius 3 is 2.26 bits per heavy atom. The summed E-state index contributed by atoms with van der Waals surface area (Å²) in [6.45, 7) is 3.15. The Hall–Kier alpha value is -2.63. The van der Waals surface area contributed by atoms with Gasteiger partial charge in [-0.1, -0.05) is 30.3 Å². The van der Waals surface area contributed by atoms with Crippen molar-refractivity contribution < 1.29 is 24.2 Å². The lowest BCUT2D eigenvalue weighted by Crippen LogP contribution is -2.29. The van der Waals surface area contributed by atoms with E-state index in [0.29, 0.717) is 0 Å². The number of hydrogen-bond donors (Lipinski definition) is 1. The summed E-state index contributed by atoms with van der Waals surface area (Å²) < 4.78 is 9.39. The van der Waals surface area contributed by atoms with Crippen molar-refractivity contribution in [2.75, 3.05) is 14.2 Å². The lowest BCUT2D eigenvalue weighted by Gasteiger charge is -2.15. The molecule has 6 heteroatoms. The smallest absolute Gasteiger partial charge is 0.343 e. The number of carbonyl (C=O) groups excluding carboxylic acids is 2. The first-order chi connectivity index (χ1) is 10.9. The number of methoxy groups -OCH3 is 2. The molecule has 0 saturated carbocycles. The minimum Gasteiger partial charge on any atom is -0.512 e. The third-order valence-corrected chi connectivity index (χ3v) is 3.25. The highest BCUT2D eigenvalue weighted by Crippen LogP contribution is 2.17. The standard InChI is InChI=1S/C17H21NO5/c1-11(16(20)22-3)15(14(12(2)19)17(21)23-4)18-10-13-8-6-5-7-9-13/h5-9,11,19H,10H2,1-4H3/b14-12+,18-15?. The number of allylic oxidation sites excluding steroid dienone is 1. The number of esters is 2. The quantitative estimate of drug-likeness (QED) is 0.377. The van der Waals surface area contributed by atoms with Gasteiger partial charge in [-0.05, 0) is 19.4 Å². The minimum atomic E-state index is -0.820. The molecule has 0 aliphatic rings. The van der Waals surface area contributed by atoms with E-state index < -0.39 is 17.9 Å². The Kier molecular flexibility index (Phi) is 6.99. The van der Waals surface area contributed by atoms with Crippen molar-refractivity contribution >= 4 is 17.7 Å². The third-order valence-electron chi connectivity index (χ3n) is 3.25. The van der Waals surface area contributed by atoms with Crippen molar-refractivity contribution in [2.45, 2.75) is 20.4 Å². The third kappa shape index (κ3) is 4.95. The van der Waals surface area contributed by atoms with Crippen LogP contribution >= 0.6 is 0 Å². The first kappa shape index (κ1) is 18.4. The number of ether oxygens (including phenoxy) is 2. The number of aliphatic imine (C=N–C) groups is 1. The normalized spacial score (nSPS) is 13.8. The van der Waals surface area contributed by atoms with Crippen molar-refractivity contribution in [2.24, 2.45) is 10.9 Å². The van der Waals surface area contributed by atoms with E-state index in [1.807, 2.05) is 30.3 Å². The van der Waals surface area contributed by atoms with E-state index in [4.69, 9.17) is 4.74 Å². The van der Waals surface area contributed by atoms with E-state index in [0.717, 1.165) is 5.56 Å². The second-order valence-corrected chi connectivity index (χ2v) is 4.88. The first-order valence-electron chi connectivity index (χ1n) is 7.07. The maximum Gasteiger partial charge on any atom is 0.343 e. The van der Waals surface area contributed by atoms with Gasteiger partial charge in [-0.3, -0.25) is 9.79 Å². The number of rotatable bonds is 6. The Bertz CT molecular complexity index is 615. The molecule has 0 heterocycles. The lowest BCUT2D eigenvalue weighted by molar-refractivity contribution is -0.142. The van der Waals surface area contributed by atoms with Gasteiger partial charge in [0.1, 0.15) is 11.3 Å². The van der Waals surface area contributed by atoms with Crippen molar-refractivity contribution in [3.8, 4) is 0 Å². The van der Waals surface area contributed by atoms with Crippen LogP contribution in [-0.4, -0.2) is 37.0 Å². The van der Waals surface area contributed by atoms with Gasteiger partial charge in [-0.2, -0.15) is 0 Å². The van der Waals surface area contributed by atoms with Crippen LogP contribution in [0.5, 0.6) is 0 Å². The van der Waals surface area contributed by atoms with Gasteiger partial charge in [0.25, 0.3) is 0 Å². The van der Waals surface area contributed by atoms with Crippen LogP contribution in [0.15, 0.2) is 46.7 Å². The van der Waals surface area contributed by atoms with Gasteiger partial charge < -0.3 is 14.6 Å². The first-order valence-corrected chi connectivity index (χ1v) is 7.07. The summed E-state index contributed by atoms with van der Waals surface area (Å²) >= 11 is 0.